The summed E-state index contributed by atoms with van der Waals surface area (Å²) < 4.78 is 0. The standard InChI is InChI=1S/C22H26N2O2/c1-16-8-9-17(2)19(12-16)14-23-22(26)20-13-21(25)24(15-20)11-10-18-6-4-3-5-7-18/h3-9,12,20H,10-11,13-15H2,1-2H3,(H,23,26)/t20-/m0/s1. The van der Waals surface area contributed by atoms with E-state index in [1.807, 2.05) is 36.9 Å². The van der Waals surface area contributed by atoms with E-state index in [1.165, 1.54) is 16.7 Å². The second-order valence-electron chi connectivity index (χ2n) is 7.12. The summed E-state index contributed by atoms with van der Waals surface area (Å²) in [5.41, 5.74) is 4.69. The zero-order chi connectivity index (χ0) is 18.5. The quantitative estimate of drug-likeness (QED) is 0.871. The van der Waals surface area contributed by atoms with Gasteiger partial charge in [0.05, 0.1) is 5.92 Å². The van der Waals surface area contributed by atoms with Crippen molar-refractivity contribution >= 4 is 11.8 Å². The molecule has 1 saturated heterocycles. The molecule has 1 N–H and O–H groups in total. The number of carbonyl (C=O) groups is 2. The monoisotopic (exact) mass is 350 g/mol. The van der Waals surface area contributed by atoms with Crippen molar-refractivity contribution in [2.45, 2.75) is 33.2 Å². The number of carbonyl (C=O) groups excluding carboxylic acids is 2. The van der Waals surface area contributed by atoms with Gasteiger partial charge in [-0.25, -0.2) is 0 Å². The summed E-state index contributed by atoms with van der Waals surface area (Å²) in [4.78, 5) is 26.5. The Morgan fingerprint density at radius 3 is 2.69 bits per heavy atom. The molecule has 2 aromatic carbocycles. The molecule has 1 aliphatic heterocycles. The average molecular weight is 350 g/mol. The van der Waals surface area contributed by atoms with Crippen LogP contribution >= 0.6 is 0 Å². The molecule has 0 saturated carbocycles. The van der Waals surface area contributed by atoms with Crippen molar-refractivity contribution in [2.24, 2.45) is 5.92 Å². The lowest BCUT2D eigenvalue weighted by Crippen LogP contribution is -2.33. The molecule has 2 aromatic rings. The number of amides is 2. The minimum absolute atomic E-state index is 0.0264. The molecule has 1 fully saturated rings. The van der Waals surface area contributed by atoms with Crippen LogP contribution in [-0.2, 0) is 22.6 Å². The van der Waals surface area contributed by atoms with Crippen molar-refractivity contribution < 1.29 is 9.59 Å². The van der Waals surface area contributed by atoms with Crippen LogP contribution in [0.5, 0.6) is 0 Å². The molecular weight excluding hydrogens is 324 g/mol. The van der Waals surface area contributed by atoms with E-state index < -0.39 is 0 Å². The molecule has 0 spiro atoms. The summed E-state index contributed by atoms with van der Waals surface area (Å²) in [6, 6.07) is 16.4. The molecule has 136 valence electrons. The third kappa shape index (κ3) is 4.51. The Bertz CT molecular complexity index is 786. The minimum atomic E-state index is -0.247. The predicted molar refractivity (Wildman–Crippen MR) is 103 cm³/mol. The van der Waals surface area contributed by atoms with Gasteiger partial charge in [-0.05, 0) is 37.0 Å². The first-order chi connectivity index (χ1) is 12.5. The summed E-state index contributed by atoms with van der Waals surface area (Å²) >= 11 is 0. The maximum absolute atomic E-state index is 12.5. The molecular formula is C22H26N2O2. The molecule has 0 unspecified atom stereocenters. The fourth-order valence-corrected chi connectivity index (χ4v) is 3.39. The first-order valence-corrected chi connectivity index (χ1v) is 9.18. The topological polar surface area (TPSA) is 49.4 Å². The van der Waals surface area contributed by atoms with E-state index in [1.54, 1.807) is 0 Å². The number of hydrogen-bond acceptors (Lipinski definition) is 2. The Morgan fingerprint density at radius 1 is 1.15 bits per heavy atom. The summed E-state index contributed by atoms with van der Waals surface area (Å²) in [7, 11) is 0. The highest BCUT2D eigenvalue weighted by Crippen LogP contribution is 2.19. The second-order valence-corrected chi connectivity index (χ2v) is 7.12. The normalized spacial score (nSPS) is 16.8. The van der Waals surface area contributed by atoms with Crippen LogP contribution in [0, 0.1) is 19.8 Å². The van der Waals surface area contributed by atoms with Crippen LogP contribution in [0.4, 0.5) is 0 Å². The van der Waals surface area contributed by atoms with Crippen LogP contribution in [0.15, 0.2) is 48.5 Å². The van der Waals surface area contributed by atoms with Crippen LogP contribution in [0.25, 0.3) is 0 Å². The van der Waals surface area contributed by atoms with Crippen LogP contribution in [-0.4, -0.2) is 29.8 Å². The highest BCUT2D eigenvalue weighted by Gasteiger charge is 2.33. The molecule has 4 nitrogen and oxygen atoms in total. The van der Waals surface area contributed by atoms with E-state index in [0.29, 0.717) is 26.1 Å². The maximum atomic E-state index is 12.5. The Balaban J connectivity index is 1.51. The van der Waals surface area contributed by atoms with E-state index in [4.69, 9.17) is 0 Å². The van der Waals surface area contributed by atoms with Crippen LogP contribution < -0.4 is 5.32 Å². The van der Waals surface area contributed by atoms with Gasteiger partial charge in [-0.3, -0.25) is 9.59 Å². The zero-order valence-electron chi connectivity index (χ0n) is 15.5. The van der Waals surface area contributed by atoms with Crippen LogP contribution in [0.1, 0.15) is 28.7 Å². The Morgan fingerprint density at radius 2 is 1.92 bits per heavy atom. The van der Waals surface area contributed by atoms with Gasteiger partial charge >= 0.3 is 0 Å². The fraction of sp³-hybridized carbons (Fsp3) is 0.364. The maximum Gasteiger partial charge on any atom is 0.225 e. The summed E-state index contributed by atoms with van der Waals surface area (Å²) in [6.45, 7) is 5.80. The fourth-order valence-electron chi connectivity index (χ4n) is 3.39. The van der Waals surface area contributed by atoms with Gasteiger partial charge in [-0.1, -0.05) is 54.1 Å². The first kappa shape index (κ1) is 18.2. The van der Waals surface area contributed by atoms with E-state index in [2.05, 4.69) is 35.6 Å². The van der Waals surface area contributed by atoms with Gasteiger partial charge in [0.2, 0.25) is 11.8 Å². The Kier molecular flexibility index (Phi) is 5.71. The SMILES string of the molecule is Cc1ccc(C)c(CNC(=O)[C@H]2CC(=O)N(CCc3ccccc3)C2)c1. The lowest BCUT2D eigenvalue weighted by Gasteiger charge is -2.17. The van der Waals surface area contributed by atoms with E-state index in [-0.39, 0.29) is 17.7 Å². The molecule has 0 aliphatic carbocycles. The Hall–Kier alpha value is -2.62. The Labute approximate surface area is 155 Å². The van der Waals surface area contributed by atoms with Crippen molar-refractivity contribution in [3.8, 4) is 0 Å². The number of nitrogens with zero attached hydrogens (tertiary/aromatic N) is 1. The first-order valence-electron chi connectivity index (χ1n) is 9.18. The highest BCUT2D eigenvalue weighted by atomic mass is 16.2. The van der Waals surface area contributed by atoms with Gasteiger partial charge in [0.1, 0.15) is 0 Å². The molecule has 26 heavy (non-hydrogen) atoms. The second kappa shape index (κ2) is 8.17. The molecule has 0 aromatic heterocycles. The number of benzene rings is 2. The smallest absolute Gasteiger partial charge is 0.225 e. The average Bonchev–Trinajstić information content (AvgIpc) is 3.02. The number of hydrogen-bond donors (Lipinski definition) is 1. The van der Waals surface area contributed by atoms with E-state index >= 15 is 0 Å². The number of aryl methyl sites for hydroxylation is 2. The van der Waals surface area contributed by atoms with Crippen LogP contribution in [0.2, 0.25) is 0 Å². The summed E-state index contributed by atoms with van der Waals surface area (Å²) in [5, 5.41) is 3.01. The van der Waals surface area contributed by atoms with Gasteiger partial charge in [0, 0.05) is 26.1 Å². The van der Waals surface area contributed by atoms with Gasteiger partial charge in [0.25, 0.3) is 0 Å². The molecule has 1 atom stereocenters. The van der Waals surface area contributed by atoms with Gasteiger partial charge in [-0.15, -0.1) is 0 Å². The molecule has 1 aliphatic rings. The molecule has 1 heterocycles. The number of likely N-dealkylation sites (tertiary alicyclic amines) is 1. The van der Waals surface area contributed by atoms with Gasteiger partial charge < -0.3 is 10.2 Å². The number of nitrogens with one attached hydrogen (secondary N) is 1. The molecule has 3 rings (SSSR count). The molecule has 0 bridgehead atoms. The van der Waals surface area contributed by atoms with Crippen LogP contribution in [0.3, 0.4) is 0 Å². The molecule has 4 heteroatoms. The van der Waals surface area contributed by atoms with Crippen molar-refractivity contribution in [3.63, 3.8) is 0 Å². The van der Waals surface area contributed by atoms with Crippen molar-refractivity contribution in [2.75, 3.05) is 13.1 Å². The highest BCUT2D eigenvalue weighted by molar-refractivity contribution is 5.89. The lowest BCUT2D eigenvalue weighted by atomic mass is 10.0. The van der Waals surface area contributed by atoms with Gasteiger partial charge in [-0.2, -0.15) is 0 Å². The predicted octanol–water partition coefficient (Wildman–Crippen LogP) is 3.01. The number of rotatable bonds is 6. The molecule has 0 radical (unpaired) electrons. The lowest BCUT2D eigenvalue weighted by molar-refractivity contribution is -0.129. The van der Waals surface area contributed by atoms with E-state index in [9.17, 15) is 9.59 Å². The van der Waals surface area contributed by atoms with E-state index in [0.717, 1.165) is 12.0 Å². The molecule has 2 amide bonds. The summed E-state index contributed by atoms with van der Waals surface area (Å²) in [5.74, 6) is -0.197. The van der Waals surface area contributed by atoms with Gasteiger partial charge in [0.15, 0.2) is 0 Å². The minimum Gasteiger partial charge on any atom is -0.352 e. The van der Waals surface area contributed by atoms with Crippen molar-refractivity contribution in [1.29, 1.82) is 0 Å². The van der Waals surface area contributed by atoms with Crippen molar-refractivity contribution in [1.82, 2.24) is 10.2 Å². The summed E-state index contributed by atoms with van der Waals surface area (Å²) in [6.07, 6.45) is 1.14. The third-order valence-corrected chi connectivity index (χ3v) is 5.06. The largest absolute Gasteiger partial charge is 0.352 e. The third-order valence-electron chi connectivity index (χ3n) is 5.06. The van der Waals surface area contributed by atoms with Crippen molar-refractivity contribution in [3.05, 3.63) is 70.8 Å². The zero-order valence-corrected chi connectivity index (χ0v) is 15.5.